The molecule has 0 atom stereocenters. The summed E-state index contributed by atoms with van der Waals surface area (Å²) in [6.45, 7) is 10.6. The summed E-state index contributed by atoms with van der Waals surface area (Å²) in [5.74, 6) is 0.994. The van der Waals surface area contributed by atoms with Gasteiger partial charge in [0.05, 0.1) is 6.42 Å². The molecule has 3 rings (SSSR count). The number of fused-ring (bicyclic) bond motifs is 1. The van der Waals surface area contributed by atoms with Gasteiger partial charge in [-0.25, -0.2) is 9.50 Å². The van der Waals surface area contributed by atoms with E-state index < -0.39 is 0 Å². The van der Waals surface area contributed by atoms with Gasteiger partial charge in [-0.2, -0.15) is 0 Å². The van der Waals surface area contributed by atoms with Crippen LogP contribution in [-0.2, 0) is 16.6 Å². The molecular weight excluding hydrogens is 324 g/mol. The van der Waals surface area contributed by atoms with E-state index in [-0.39, 0.29) is 11.3 Å². The lowest BCUT2D eigenvalue weighted by Gasteiger charge is -2.18. The first-order valence-corrected chi connectivity index (χ1v) is 8.98. The number of amides is 1. The van der Waals surface area contributed by atoms with Crippen molar-refractivity contribution in [1.29, 1.82) is 0 Å². The van der Waals surface area contributed by atoms with Crippen LogP contribution in [0.4, 0.5) is 5.82 Å². The fourth-order valence-electron chi connectivity index (χ4n) is 3.05. The molecule has 0 saturated heterocycles. The predicted molar refractivity (Wildman–Crippen MR) is 105 cm³/mol. The Morgan fingerprint density at radius 2 is 1.88 bits per heavy atom. The van der Waals surface area contributed by atoms with Crippen LogP contribution in [0.3, 0.4) is 0 Å². The van der Waals surface area contributed by atoms with Crippen molar-refractivity contribution in [2.24, 2.45) is 0 Å². The molecule has 5 nitrogen and oxygen atoms in total. The number of hydrogen-bond acceptors (Lipinski definition) is 3. The van der Waals surface area contributed by atoms with Crippen LogP contribution in [0.2, 0.25) is 0 Å². The van der Waals surface area contributed by atoms with Gasteiger partial charge in [-0.3, -0.25) is 4.79 Å². The molecular formula is C21H26N4O. The molecule has 0 saturated carbocycles. The van der Waals surface area contributed by atoms with Crippen LogP contribution in [0.1, 0.15) is 57.2 Å². The van der Waals surface area contributed by atoms with Crippen molar-refractivity contribution in [3.05, 3.63) is 59.4 Å². The number of anilines is 1. The summed E-state index contributed by atoms with van der Waals surface area (Å²) in [6, 6.07) is 10.0. The van der Waals surface area contributed by atoms with E-state index >= 15 is 0 Å². The number of carbonyl (C=O) groups excluding carboxylic acids is 1. The molecule has 0 aliphatic rings. The number of rotatable bonds is 4. The van der Waals surface area contributed by atoms with Crippen LogP contribution in [-0.4, -0.2) is 20.5 Å². The fraction of sp³-hybridized carbons (Fsp3) is 0.381. The SMILES string of the molecule is CC(C)c1ccc(CC(=O)Nc2nn3cccnc3c2C(C)(C)C)cc1. The molecule has 26 heavy (non-hydrogen) atoms. The molecule has 2 heterocycles. The van der Waals surface area contributed by atoms with Crippen LogP contribution in [0.5, 0.6) is 0 Å². The summed E-state index contributed by atoms with van der Waals surface area (Å²) in [7, 11) is 0. The summed E-state index contributed by atoms with van der Waals surface area (Å²) >= 11 is 0. The first-order valence-electron chi connectivity index (χ1n) is 8.98. The highest BCUT2D eigenvalue weighted by atomic mass is 16.1. The summed E-state index contributed by atoms with van der Waals surface area (Å²) < 4.78 is 1.72. The second-order valence-electron chi connectivity index (χ2n) is 7.98. The molecule has 1 amide bonds. The van der Waals surface area contributed by atoms with Crippen molar-refractivity contribution in [3.8, 4) is 0 Å². The second-order valence-corrected chi connectivity index (χ2v) is 7.98. The molecule has 2 aromatic heterocycles. The van der Waals surface area contributed by atoms with Gasteiger partial charge in [0.25, 0.3) is 0 Å². The number of hydrogen-bond donors (Lipinski definition) is 1. The molecule has 5 heteroatoms. The van der Waals surface area contributed by atoms with Crippen molar-refractivity contribution in [3.63, 3.8) is 0 Å². The monoisotopic (exact) mass is 350 g/mol. The summed E-state index contributed by atoms with van der Waals surface area (Å²) in [4.78, 5) is 17.0. The first-order chi connectivity index (χ1) is 12.3. The van der Waals surface area contributed by atoms with Crippen LogP contribution in [0.25, 0.3) is 5.65 Å². The maximum Gasteiger partial charge on any atom is 0.230 e. The van der Waals surface area contributed by atoms with E-state index in [2.05, 4.69) is 62.2 Å². The van der Waals surface area contributed by atoms with E-state index in [4.69, 9.17) is 0 Å². The van der Waals surface area contributed by atoms with Gasteiger partial charge in [0.15, 0.2) is 11.5 Å². The van der Waals surface area contributed by atoms with Crippen molar-refractivity contribution in [1.82, 2.24) is 14.6 Å². The average molecular weight is 350 g/mol. The first kappa shape index (κ1) is 18.1. The van der Waals surface area contributed by atoms with Crippen molar-refractivity contribution < 1.29 is 4.79 Å². The zero-order chi connectivity index (χ0) is 18.9. The zero-order valence-corrected chi connectivity index (χ0v) is 16.1. The summed E-state index contributed by atoms with van der Waals surface area (Å²) in [5, 5.41) is 7.50. The molecule has 0 radical (unpaired) electrons. The fourth-order valence-corrected chi connectivity index (χ4v) is 3.05. The van der Waals surface area contributed by atoms with E-state index in [9.17, 15) is 4.79 Å². The maximum absolute atomic E-state index is 12.6. The van der Waals surface area contributed by atoms with Gasteiger partial charge in [-0.05, 0) is 28.5 Å². The van der Waals surface area contributed by atoms with E-state index in [1.165, 1.54) is 5.56 Å². The molecule has 0 aliphatic heterocycles. The molecule has 0 fully saturated rings. The van der Waals surface area contributed by atoms with Crippen LogP contribution >= 0.6 is 0 Å². The van der Waals surface area contributed by atoms with Gasteiger partial charge in [0.2, 0.25) is 5.91 Å². The van der Waals surface area contributed by atoms with Gasteiger partial charge in [-0.1, -0.05) is 58.9 Å². The third kappa shape index (κ3) is 3.77. The van der Waals surface area contributed by atoms with Gasteiger partial charge >= 0.3 is 0 Å². The van der Waals surface area contributed by atoms with Crippen LogP contribution in [0, 0.1) is 0 Å². The van der Waals surface area contributed by atoms with E-state index in [1.54, 1.807) is 10.7 Å². The maximum atomic E-state index is 12.6. The number of nitrogens with one attached hydrogen (secondary N) is 1. The lowest BCUT2D eigenvalue weighted by molar-refractivity contribution is -0.115. The Bertz CT molecular complexity index is 917. The molecule has 1 N–H and O–H groups in total. The van der Waals surface area contributed by atoms with Crippen molar-refractivity contribution in [2.45, 2.75) is 52.4 Å². The van der Waals surface area contributed by atoms with E-state index in [0.717, 1.165) is 16.8 Å². The Morgan fingerprint density at radius 3 is 2.50 bits per heavy atom. The van der Waals surface area contributed by atoms with E-state index in [0.29, 0.717) is 18.2 Å². The lowest BCUT2D eigenvalue weighted by Crippen LogP contribution is -2.19. The Hall–Kier alpha value is -2.69. The molecule has 0 bridgehead atoms. The Kier molecular flexibility index (Phi) is 4.81. The standard InChI is InChI=1S/C21H26N4O/c1-14(2)16-9-7-15(8-10-16)13-17(26)23-19-18(21(3,4)5)20-22-11-6-12-25(20)24-19/h6-12,14H,13H2,1-5H3,(H,23,24,26). The minimum absolute atomic E-state index is 0.0730. The van der Waals surface area contributed by atoms with Crippen molar-refractivity contribution in [2.75, 3.05) is 5.32 Å². The quantitative estimate of drug-likeness (QED) is 0.762. The molecule has 0 spiro atoms. The highest BCUT2D eigenvalue weighted by molar-refractivity contribution is 5.93. The minimum Gasteiger partial charge on any atom is -0.309 e. The number of aromatic nitrogens is 3. The molecule has 136 valence electrons. The molecule has 3 aromatic rings. The second kappa shape index (κ2) is 6.90. The third-order valence-electron chi connectivity index (χ3n) is 4.41. The van der Waals surface area contributed by atoms with Crippen LogP contribution < -0.4 is 5.32 Å². The highest BCUT2D eigenvalue weighted by Gasteiger charge is 2.26. The van der Waals surface area contributed by atoms with Gasteiger partial charge in [0.1, 0.15) is 0 Å². The summed E-state index contributed by atoms with van der Waals surface area (Å²) in [6.07, 6.45) is 3.91. The molecule has 0 unspecified atom stereocenters. The van der Waals surface area contributed by atoms with Gasteiger partial charge < -0.3 is 5.32 Å². The Morgan fingerprint density at radius 1 is 1.19 bits per heavy atom. The number of nitrogens with zero attached hydrogens (tertiary/aromatic N) is 3. The van der Waals surface area contributed by atoms with Gasteiger partial charge in [-0.15, -0.1) is 5.10 Å². The smallest absolute Gasteiger partial charge is 0.230 e. The Balaban J connectivity index is 1.83. The van der Waals surface area contributed by atoms with Crippen molar-refractivity contribution >= 4 is 17.4 Å². The predicted octanol–water partition coefficient (Wildman–Crippen LogP) is 4.33. The zero-order valence-electron chi connectivity index (χ0n) is 16.1. The topological polar surface area (TPSA) is 59.3 Å². The summed E-state index contributed by atoms with van der Waals surface area (Å²) in [5.41, 5.74) is 3.80. The van der Waals surface area contributed by atoms with Gasteiger partial charge in [0, 0.05) is 18.0 Å². The molecule has 0 aliphatic carbocycles. The largest absolute Gasteiger partial charge is 0.309 e. The molecule has 1 aromatic carbocycles. The lowest BCUT2D eigenvalue weighted by atomic mass is 9.88. The van der Waals surface area contributed by atoms with E-state index in [1.807, 2.05) is 24.4 Å². The average Bonchev–Trinajstić information content (AvgIpc) is 2.92. The van der Waals surface area contributed by atoms with Crippen LogP contribution in [0.15, 0.2) is 42.7 Å². The number of benzene rings is 1. The minimum atomic E-state index is -0.183. The highest BCUT2D eigenvalue weighted by Crippen LogP contribution is 2.32. The number of carbonyl (C=O) groups is 1. The Labute approximate surface area is 154 Å². The normalized spacial score (nSPS) is 11.9. The third-order valence-corrected chi connectivity index (χ3v) is 4.41.